The second-order valence-electron chi connectivity index (χ2n) is 7.57. The highest BCUT2D eigenvalue weighted by atomic mass is 32.2. The number of aromatic nitrogens is 3. The Morgan fingerprint density at radius 3 is 2.34 bits per heavy atom. The minimum atomic E-state index is -0.153. The summed E-state index contributed by atoms with van der Waals surface area (Å²) in [6, 6.07) is 15.3. The van der Waals surface area contributed by atoms with Gasteiger partial charge in [-0.2, -0.15) is 0 Å². The number of nitrogen functional groups attached to an aromatic ring is 1. The second-order valence-corrected chi connectivity index (χ2v) is 8.51. The summed E-state index contributed by atoms with van der Waals surface area (Å²) in [4.78, 5) is 12.2. The van der Waals surface area contributed by atoms with Crippen molar-refractivity contribution in [3.05, 3.63) is 54.1 Å². The van der Waals surface area contributed by atoms with Gasteiger partial charge in [-0.15, -0.1) is 10.2 Å². The number of rotatable bonds is 6. The summed E-state index contributed by atoms with van der Waals surface area (Å²) in [6.45, 7) is 6.50. The van der Waals surface area contributed by atoms with Gasteiger partial charge in [-0.3, -0.25) is 4.79 Å². The number of ether oxygens (including phenoxy) is 1. The summed E-state index contributed by atoms with van der Waals surface area (Å²) in [6.07, 6.45) is 0. The number of nitrogens with one attached hydrogen (secondary N) is 1. The van der Waals surface area contributed by atoms with Gasteiger partial charge >= 0.3 is 0 Å². The number of benzene rings is 2. The number of amides is 1. The van der Waals surface area contributed by atoms with Gasteiger partial charge in [0.05, 0.1) is 12.9 Å². The molecule has 152 valence electrons. The second kappa shape index (κ2) is 8.57. The van der Waals surface area contributed by atoms with Crippen molar-refractivity contribution in [1.82, 2.24) is 14.9 Å². The maximum Gasteiger partial charge on any atom is 0.234 e. The van der Waals surface area contributed by atoms with Gasteiger partial charge in [0.2, 0.25) is 11.1 Å². The summed E-state index contributed by atoms with van der Waals surface area (Å²) in [5, 5.41) is 11.6. The maximum atomic E-state index is 12.2. The van der Waals surface area contributed by atoms with Gasteiger partial charge in [0.25, 0.3) is 0 Å². The lowest BCUT2D eigenvalue weighted by atomic mass is 9.87. The van der Waals surface area contributed by atoms with Gasteiger partial charge < -0.3 is 15.9 Å². The Labute approximate surface area is 174 Å². The van der Waals surface area contributed by atoms with Crippen molar-refractivity contribution >= 4 is 23.4 Å². The Morgan fingerprint density at radius 1 is 1.10 bits per heavy atom. The van der Waals surface area contributed by atoms with Crippen LogP contribution in [0.1, 0.15) is 26.3 Å². The van der Waals surface area contributed by atoms with Gasteiger partial charge in [-0.05, 0) is 35.2 Å². The zero-order valence-corrected chi connectivity index (χ0v) is 17.8. The van der Waals surface area contributed by atoms with E-state index >= 15 is 0 Å². The summed E-state index contributed by atoms with van der Waals surface area (Å²) in [5.74, 6) is 7.46. The van der Waals surface area contributed by atoms with Crippen molar-refractivity contribution in [2.75, 3.05) is 24.0 Å². The number of nitrogens with two attached hydrogens (primary N) is 1. The molecule has 29 heavy (non-hydrogen) atoms. The smallest absolute Gasteiger partial charge is 0.234 e. The molecule has 2 aromatic carbocycles. The summed E-state index contributed by atoms with van der Waals surface area (Å²) >= 11 is 1.23. The molecule has 3 N–H and O–H groups in total. The third-order valence-electron chi connectivity index (χ3n) is 4.38. The predicted octanol–water partition coefficient (Wildman–Crippen LogP) is 3.70. The quantitative estimate of drug-likeness (QED) is 0.474. The maximum absolute atomic E-state index is 12.2. The van der Waals surface area contributed by atoms with Gasteiger partial charge in [-0.25, -0.2) is 4.68 Å². The third kappa shape index (κ3) is 5.08. The van der Waals surface area contributed by atoms with Crippen molar-refractivity contribution in [2.45, 2.75) is 31.3 Å². The minimum Gasteiger partial charge on any atom is -0.497 e. The molecule has 0 saturated heterocycles. The fourth-order valence-electron chi connectivity index (χ4n) is 2.69. The number of hydrogen-bond donors (Lipinski definition) is 2. The average Bonchev–Trinajstić information content (AvgIpc) is 3.07. The molecule has 1 heterocycles. The summed E-state index contributed by atoms with van der Waals surface area (Å²) in [5.41, 5.74) is 2.88. The van der Waals surface area contributed by atoms with E-state index in [4.69, 9.17) is 10.6 Å². The molecule has 3 rings (SSSR count). The SMILES string of the molecule is COc1ccc(NC(=O)CSc2nnc(-c3ccc(C(C)(C)C)cc3)n2N)cc1. The molecule has 3 aromatic rings. The van der Waals surface area contributed by atoms with Crippen LogP contribution in [0.3, 0.4) is 0 Å². The van der Waals surface area contributed by atoms with E-state index in [2.05, 4.69) is 48.4 Å². The Kier molecular flexibility index (Phi) is 6.12. The van der Waals surface area contributed by atoms with E-state index in [1.807, 2.05) is 12.1 Å². The van der Waals surface area contributed by atoms with Crippen LogP contribution in [0.5, 0.6) is 5.75 Å². The third-order valence-corrected chi connectivity index (χ3v) is 5.32. The molecule has 7 nitrogen and oxygen atoms in total. The molecular formula is C21H25N5O2S. The van der Waals surface area contributed by atoms with E-state index < -0.39 is 0 Å². The highest BCUT2D eigenvalue weighted by Gasteiger charge is 2.16. The number of hydrogen-bond acceptors (Lipinski definition) is 6. The van der Waals surface area contributed by atoms with Crippen LogP contribution >= 0.6 is 11.8 Å². The van der Waals surface area contributed by atoms with Gasteiger partial charge in [-0.1, -0.05) is 56.8 Å². The topological polar surface area (TPSA) is 95.1 Å². The zero-order chi connectivity index (χ0) is 21.0. The van der Waals surface area contributed by atoms with E-state index in [9.17, 15) is 4.79 Å². The lowest BCUT2D eigenvalue weighted by Gasteiger charge is -2.19. The molecule has 0 saturated carbocycles. The first-order chi connectivity index (χ1) is 13.8. The molecule has 0 atom stereocenters. The zero-order valence-electron chi connectivity index (χ0n) is 17.0. The van der Waals surface area contributed by atoms with E-state index in [1.165, 1.54) is 22.0 Å². The van der Waals surface area contributed by atoms with E-state index in [0.29, 0.717) is 16.7 Å². The number of anilines is 1. The first-order valence-corrected chi connectivity index (χ1v) is 10.1. The lowest BCUT2D eigenvalue weighted by molar-refractivity contribution is -0.113. The van der Waals surface area contributed by atoms with Crippen molar-refractivity contribution < 1.29 is 9.53 Å². The fourth-order valence-corrected chi connectivity index (χ4v) is 3.35. The van der Waals surface area contributed by atoms with Crippen LogP contribution in [0.4, 0.5) is 5.69 Å². The molecule has 0 unspecified atom stereocenters. The van der Waals surface area contributed by atoms with Crippen molar-refractivity contribution in [2.24, 2.45) is 0 Å². The Hall–Kier alpha value is -3.00. The first-order valence-electron chi connectivity index (χ1n) is 9.16. The van der Waals surface area contributed by atoms with Crippen LogP contribution in [-0.4, -0.2) is 33.6 Å². The van der Waals surface area contributed by atoms with Crippen molar-refractivity contribution in [3.8, 4) is 17.1 Å². The fraction of sp³-hybridized carbons (Fsp3) is 0.286. The largest absolute Gasteiger partial charge is 0.497 e. The summed E-state index contributed by atoms with van der Waals surface area (Å²) in [7, 11) is 1.60. The van der Waals surface area contributed by atoms with Gasteiger partial charge in [0, 0.05) is 11.3 Å². The standard InChI is InChI=1S/C21H25N5O2S/c1-21(2,3)15-7-5-14(6-8-15)19-24-25-20(26(19)22)29-13-18(27)23-16-9-11-17(28-4)12-10-16/h5-12H,13,22H2,1-4H3,(H,23,27). The number of carbonyl (C=O) groups excluding carboxylic acids is 1. The lowest BCUT2D eigenvalue weighted by Crippen LogP contribution is -2.16. The molecule has 0 spiro atoms. The summed E-state index contributed by atoms with van der Waals surface area (Å²) < 4.78 is 6.52. The van der Waals surface area contributed by atoms with Crippen LogP contribution in [0, 0.1) is 0 Å². The Bertz CT molecular complexity index is 976. The predicted molar refractivity (Wildman–Crippen MR) is 117 cm³/mol. The number of thioether (sulfide) groups is 1. The van der Waals surface area contributed by atoms with Crippen LogP contribution in [0.15, 0.2) is 53.7 Å². The van der Waals surface area contributed by atoms with Crippen LogP contribution < -0.4 is 15.9 Å². The monoisotopic (exact) mass is 411 g/mol. The molecule has 0 aliphatic rings. The highest BCUT2D eigenvalue weighted by Crippen LogP contribution is 2.26. The van der Waals surface area contributed by atoms with Gasteiger partial charge in [0.15, 0.2) is 5.82 Å². The normalized spacial score (nSPS) is 11.3. The molecule has 0 aliphatic carbocycles. The van der Waals surface area contributed by atoms with E-state index in [1.54, 1.807) is 31.4 Å². The van der Waals surface area contributed by atoms with Crippen LogP contribution in [0.2, 0.25) is 0 Å². The Balaban J connectivity index is 1.62. The molecular weight excluding hydrogens is 386 g/mol. The number of methoxy groups -OCH3 is 1. The van der Waals surface area contributed by atoms with Crippen molar-refractivity contribution in [3.63, 3.8) is 0 Å². The average molecular weight is 412 g/mol. The van der Waals surface area contributed by atoms with E-state index in [0.717, 1.165) is 11.3 Å². The Morgan fingerprint density at radius 2 is 1.76 bits per heavy atom. The van der Waals surface area contributed by atoms with E-state index in [-0.39, 0.29) is 17.1 Å². The highest BCUT2D eigenvalue weighted by molar-refractivity contribution is 7.99. The molecule has 1 amide bonds. The number of carbonyl (C=O) groups is 1. The molecule has 1 aromatic heterocycles. The molecule has 0 radical (unpaired) electrons. The van der Waals surface area contributed by atoms with Crippen molar-refractivity contribution in [1.29, 1.82) is 0 Å². The number of nitrogens with zero attached hydrogens (tertiary/aromatic N) is 3. The molecule has 0 fully saturated rings. The molecule has 0 aliphatic heterocycles. The first kappa shape index (κ1) is 20.7. The van der Waals surface area contributed by atoms with Crippen LogP contribution in [-0.2, 0) is 10.2 Å². The van der Waals surface area contributed by atoms with Crippen LogP contribution in [0.25, 0.3) is 11.4 Å². The molecule has 0 bridgehead atoms. The van der Waals surface area contributed by atoms with Gasteiger partial charge in [0.1, 0.15) is 5.75 Å². The minimum absolute atomic E-state index is 0.0766. The molecule has 8 heteroatoms.